The first-order valence-electron chi connectivity index (χ1n) is 6.82. The SMILES string of the molecule is O=C(O)c1ccccc1S(=O)(=O)N1CC2CCCC2C1. The van der Waals surface area contributed by atoms with Crippen LogP contribution < -0.4 is 0 Å². The third-order valence-electron chi connectivity index (χ3n) is 4.43. The highest BCUT2D eigenvalue weighted by molar-refractivity contribution is 7.89. The van der Waals surface area contributed by atoms with Crippen LogP contribution in [0.1, 0.15) is 29.6 Å². The minimum absolute atomic E-state index is 0.0903. The lowest BCUT2D eigenvalue weighted by Gasteiger charge is -2.18. The molecule has 3 rings (SSSR count). The Hall–Kier alpha value is -1.40. The molecule has 5 nitrogen and oxygen atoms in total. The molecule has 0 amide bonds. The van der Waals surface area contributed by atoms with Gasteiger partial charge in [0.1, 0.15) is 0 Å². The van der Waals surface area contributed by atoms with Crippen LogP contribution in [0, 0.1) is 11.8 Å². The van der Waals surface area contributed by atoms with E-state index in [1.807, 2.05) is 0 Å². The molecule has 1 heterocycles. The van der Waals surface area contributed by atoms with E-state index in [-0.39, 0.29) is 10.5 Å². The van der Waals surface area contributed by atoms with Crippen molar-refractivity contribution in [1.82, 2.24) is 4.31 Å². The van der Waals surface area contributed by atoms with Gasteiger partial charge in [0.25, 0.3) is 0 Å². The van der Waals surface area contributed by atoms with Crippen LogP contribution in [-0.2, 0) is 10.0 Å². The topological polar surface area (TPSA) is 74.7 Å². The monoisotopic (exact) mass is 295 g/mol. The smallest absolute Gasteiger partial charge is 0.337 e. The lowest BCUT2D eigenvalue weighted by molar-refractivity contribution is 0.0692. The first kappa shape index (κ1) is 13.6. The van der Waals surface area contributed by atoms with E-state index in [9.17, 15) is 13.2 Å². The first-order chi connectivity index (χ1) is 9.50. The number of benzene rings is 1. The number of sulfonamides is 1. The van der Waals surface area contributed by atoms with Gasteiger partial charge in [0, 0.05) is 13.1 Å². The Morgan fingerprint density at radius 1 is 1.15 bits per heavy atom. The minimum atomic E-state index is -3.70. The zero-order valence-corrected chi connectivity index (χ0v) is 11.8. The van der Waals surface area contributed by atoms with Crippen LogP contribution in [0.5, 0.6) is 0 Å². The lowest BCUT2D eigenvalue weighted by Crippen LogP contribution is -2.30. The Bertz CT molecular complexity index is 628. The zero-order chi connectivity index (χ0) is 14.3. The molecule has 1 aliphatic heterocycles. The second-order valence-electron chi connectivity index (χ2n) is 5.57. The third kappa shape index (κ3) is 2.13. The third-order valence-corrected chi connectivity index (χ3v) is 6.32. The molecule has 1 N–H and O–H groups in total. The summed E-state index contributed by atoms with van der Waals surface area (Å²) in [4.78, 5) is 11.1. The molecule has 1 aliphatic carbocycles. The van der Waals surface area contributed by atoms with Gasteiger partial charge in [0.2, 0.25) is 10.0 Å². The van der Waals surface area contributed by atoms with Crippen molar-refractivity contribution in [2.24, 2.45) is 11.8 Å². The summed E-state index contributed by atoms with van der Waals surface area (Å²) < 4.78 is 26.8. The number of carboxylic acids is 1. The number of aromatic carboxylic acids is 1. The van der Waals surface area contributed by atoms with E-state index >= 15 is 0 Å². The molecule has 20 heavy (non-hydrogen) atoms. The summed E-state index contributed by atoms with van der Waals surface area (Å²) in [6.45, 7) is 1.06. The summed E-state index contributed by atoms with van der Waals surface area (Å²) in [7, 11) is -3.70. The highest BCUT2D eigenvalue weighted by Gasteiger charge is 2.42. The minimum Gasteiger partial charge on any atom is -0.478 e. The molecule has 1 aromatic carbocycles. The van der Waals surface area contributed by atoms with Crippen molar-refractivity contribution in [3.8, 4) is 0 Å². The Kier molecular flexibility index (Phi) is 3.30. The van der Waals surface area contributed by atoms with Gasteiger partial charge < -0.3 is 5.11 Å². The normalized spacial score (nSPS) is 26.6. The van der Waals surface area contributed by atoms with E-state index in [1.165, 1.54) is 22.9 Å². The van der Waals surface area contributed by atoms with Crippen LogP contribution in [0.2, 0.25) is 0 Å². The fraction of sp³-hybridized carbons (Fsp3) is 0.500. The van der Waals surface area contributed by atoms with Gasteiger partial charge in [-0.1, -0.05) is 18.6 Å². The second kappa shape index (κ2) is 4.86. The molecule has 2 fully saturated rings. The number of carboxylic acid groups (broad SMARTS) is 1. The van der Waals surface area contributed by atoms with Crippen molar-refractivity contribution in [2.45, 2.75) is 24.2 Å². The van der Waals surface area contributed by atoms with Crippen molar-refractivity contribution in [3.63, 3.8) is 0 Å². The van der Waals surface area contributed by atoms with Gasteiger partial charge >= 0.3 is 5.97 Å². The molecule has 108 valence electrons. The lowest BCUT2D eigenvalue weighted by atomic mass is 10.0. The van der Waals surface area contributed by atoms with Gasteiger partial charge in [-0.3, -0.25) is 0 Å². The van der Waals surface area contributed by atoms with Crippen molar-refractivity contribution < 1.29 is 18.3 Å². The maximum absolute atomic E-state index is 12.7. The van der Waals surface area contributed by atoms with Crippen LogP contribution in [0.3, 0.4) is 0 Å². The average molecular weight is 295 g/mol. The van der Waals surface area contributed by atoms with Crippen LogP contribution in [-0.4, -0.2) is 36.9 Å². The largest absolute Gasteiger partial charge is 0.478 e. The van der Waals surface area contributed by atoms with E-state index in [4.69, 9.17) is 5.11 Å². The van der Waals surface area contributed by atoms with Gasteiger partial charge in [0.05, 0.1) is 10.5 Å². The van der Waals surface area contributed by atoms with E-state index in [0.717, 1.165) is 12.8 Å². The second-order valence-corrected chi connectivity index (χ2v) is 7.48. The molecular weight excluding hydrogens is 278 g/mol. The molecule has 2 atom stereocenters. The molecule has 1 saturated heterocycles. The average Bonchev–Trinajstić information content (AvgIpc) is 2.99. The summed E-state index contributed by atoms with van der Waals surface area (Å²) in [5, 5.41) is 9.15. The Labute approximate surface area is 118 Å². The highest BCUT2D eigenvalue weighted by Crippen LogP contribution is 2.40. The Morgan fingerprint density at radius 3 is 2.35 bits per heavy atom. The highest BCUT2D eigenvalue weighted by atomic mass is 32.2. The van der Waals surface area contributed by atoms with E-state index in [0.29, 0.717) is 24.9 Å². The molecular formula is C14H17NO4S. The van der Waals surface area contributed by atoms with E-state index in [1.54, 1.807) is 12.1 Å². The number of hydrogen-bond donors (Lipinski definition) is 1. The van der Waals surface area contributed by atoms with Crippen molar-refractivity contribution in [1.29, 1.82) is 0 Å². The molecule has 2 aliphatic rings. The number of fused-ring (bicyclic) bond motifs is 1. The van der Waals surface area contributed by atoms with Gasteiger partial charge in [-0.25, -0.2) is 13.2 Å². The van der Waals surface area contributed by atoms with Crippen LogP contribution in [0.4, 0.5) is 0 Å². The summed E-state index contributed by atoms with van der Waals surface area (Å²) in [6.07, 6.45) is 3.34. The Morgan fingerprint density at radius 2 is 1.75 bits per heavy atom. The van der Waals surface area contributed by atoms with Gasteiger partial charge in [-0.2, -0.15) is 4.31 Å². The number of nitrogens with zero attached hydrogens (tertiary/aromatic N) is 1. The molecule has 2 unspecified atom stereocenters. The molecule has 0 bridgehead atoms. The van der Waals surface area contributed by atoms with E-state index in [2.05, 4.69) is 0 Å². The standard InChI is InChI=1S/C14H17NO4S/c16-14(17)12-6-1-2-7-13(12)20(18,19)15-8-10-4-3-5-11(10)9-15/h1-2,6-7,10-11H,3-5,8-9H2,(H,16,17). The first-order valence-corrected chi connectivity index (χ1v) is 8.26. The molecule has 6 heteroatoms. The number of rotatable bonds is 3. The fourth-order valence-corrected chi connectivity index (χ4v) is 5.13. The van der Waals surface area contributed by atoms with Gasteiger partial charge in [-0.05, 0) is 36.8 Å². The molecule has 0 spiro atoms. The Balaban J connectivity index is 1.95. The molecule has 1 saturated carbocycles. The number of hydrogen-bond acceptors (Lipinski definition) is 3. The molecule has 0 radical (unpaired) electrons. The van der Waals surface area contributed by atoms with Gasteiger partial charge in [-0.15, -0.1) is 0 Å². The molecule has 1 aromatic rings. The summed E-state index contributed by atoms with van der Waals surface area (Å²) in [5.74, 6) is -0.313. The summed E-state index contributed by atoms with van der Waals surface area (Å²) in [6, 6.07) is 5.83. The molecule has 0 aromatic heterocycles. The maximum Gasteiger partial charge on any atom is 0.337 e. The fourth-order valence-electron chi connectivity index (χ4n) is 3.40. The predicted molar refractivity (Wildman–Crippen MR) is 73.0 cm³/mol. The van der Waals surface area contributed by atoms with Crippen molar-refractivity contribution in [3.05, 3.63) is 29.8 Å². The number of carbonyl (C=O) groups is 1. The quantitative estimate of drug-likeness (QED) is 0.922. The summed E-state index contributed by atoms with van der Waals surface area (Å²) >= 11 is 0. The van der Waals surface area contributed by atoms with E-state index < -0.39 is 16.0 Å². The van der Waals surface area contributed by atoms with Crippen molar-refractivity contribution >= 4 is 16.0 Å². The van der Waals surface area contributed by atoms with Crippen LogP contribution >= 0.6 is 0 Å². The van der Waals surface area contributed by atoms with Crippen LogP contribution in [0.15, 0.2) is 29.2 Å². The predicted octanol–water partition coefficient (Wildman–Crippen LogP) is 1.81. The van der Waals surface area contributed by atoms with Gasteiger partial charge in [0.15, 0.2) is 0 Å². The summed E-state index contributed by atoms with van der Waals surface area (Å²) in [5.41, 5.74) is -0.149. The zero-order valence-electron chi connectivity index (χ0n) is 11.0. The van der Waals surface area contributed by atoms with Crippen LogP contribution in [0.25, 0.3) is 0 Å². The maximum atomic E-state index is 12.7. The van der Waals surface area contributed by atoms with Crippen molar-refractivity contribution in [2.75, 3.05) is 13.1 Å².